The number of nitrogens with one attached hydrogen (secondary N) is 2. The molecule has 0 fully saturated rings. The highest BCUT2D eigenvalue weighted by Gasteiger charge is 2.02. The van der Waals surface area contributed by atoms with Gasteiger partial charge in [-0.2, -0.15) is 0 Å². The molecule has 0 aliphatic rings. The number of aromatic amines is 1. The summed E-state index contributed by atoms with van der Waals surface area (Å²) >= 11 is 1.74. The van der Waals surface area contributed by atoms with Crippen LogP contribution >= 0.6 is 11.3 Å². The van der Waals surface area contributed by atoms with Crippen molar-refractivity contribution in [2.24, 2.45) is 0 Å². The maximum absolute atomic E-state index is 6.50. The molecule has 19 heavy (non-hydrogen) atoms. The molecule has 2 aromatic heterocycles. The van der Waals surface area contributed by atoms with Gasteiger partial charge in [0.1, 0.15) is 0 Å². The van der Waals surface area contributed by atoms with Gasteiger partial charge in [-0.25, -0.2) is 5.26 Å². The monoisotopic (exact) mass is 269 g/mol. The second kappa shape index (κ2) is 6.62. The topological polar surface area (TPSA) is 51.6 Å². The first-order valence-corrected chi connectivity index (χ1v) is 6.89. The molecule has 0 saturated carbocycles. The summed E-state index contributed by atoms with van der Waals surface area (Å²) in [5.41, 5.74) is 2.60. The summed E-state index contributed by atoms with van der Waals surface area (Å²) in [6, 6.07) is 12.6. The molecular weight excluding hydrogens is 254 g/mol. The Kier molecular flexibility index (Phi) is 4.60. The smallest absolute Gasteiger partial charge is 0.0882 e. The van der Waals surface area contributed by atoms with Crippen LogP contribution in [0.3, 0.4) is 0 Å². The first kappa shape index (κ1) is 13.2. The molecule has 0 spiro atoms. The van der Waals surface area contributed by atoms with Gasteiger partial charge in [-0.3, -0.25) is 0 Å². The van der Waals surface area contributed by atoms with Gasteiger partial charge in [0.2, 0.25) is 0 Å². The van der Waals surface area contributed by atoms with Gasteiger partial charge in [0.05, 0.1) is 5.00 Å². The third kappa shape index (κ3) is 3.15. The van der Waals surface area contributed by atoms with Crippen molar-refractivity contribution in [1.29, 1.82) is 5.26 Å². The largest absolute Gasteiger partial charge is 0.377 e. The van der Waals surface area contributed by atoms with Gasteiger partial charge in [-0.15, -0.1) is 11.3 Å². The molecular formula is C15H15N3S. The summed E-state index contributed by atoms with van der Waals surface area (Å²) in [6.45, 7) is 4.47. The summed E-state index contributed by atoms with van der Waals surface area (Å²) in [5, 5.41) is 14.6. The Hall–Kier alpha value is -2.25. The number of rotatable bonds is 4. The van der Waals surface area contributed by atoms with E-state index < -0.39 is 0 Å². The van der Waals surface area contributed by atoms with Crippen LogP contribution in [0.2, 0.25) is 0 Å². The Bertz CT molecular complexity index is 638. The summed E-state index contributed by atoms with van der Waals surface area (Å²) in [4.78, 5) is 3.31. The molecule has 3 nitrogen and oxygen atoms in total. The molecule has 0 atom stereocenters. The maximum atomic E-state index is 6.50. The van der Waals surface area contributed by atoms with Crippen LogP contribution in [-0.4, -0.2) is 11.5 Å². The van der Waals surface area contributed by atoms with Gasteiger partial charge < -0.3 is 10.3 Å². The minimum atomic E-state index is 0.975. The Balaban J connectivity index is 0.000000637. The van der Waals surface area contributed by atoms with Crippen molar-refractivity contribution in [3.63, 3.8) is 0 Å². The van der Waals surface area contributed by atoms with Gasteiger partial charge in [-0.1, -0.05) is 18.2 Å². The van der Waals surface area contributed by atoms with E-state index in [1.807, 2.05) is 0 Å². The summed E-state index contributed by atoms with van der Waals surface area (Å²) < 4.78 is 0. The third-order valence-corrected chi connectivity index (χ3v) is 3.72. The third-order valence-electron chi connectivity index (χ3n) is 2.89. The fourth-order valence-electron chi connectivity index (χ4n) is 2.04. The number of benzene rings is 1. The Morgan fingerprint density at radius 1 is 1.16 bits per heavy atom. The fourth-order valence-corrected chi connectivity index (χ4v) is 2.68. The summed E-state index contributed by atoms with van der Waals surface area (Å²) in [7, 11) is 0. The van der Waals surface area contributed by atoms with Crippen molar-refractivity contribution in [2.45, 2.75) is 6.42 Å². The Morgan fingerprint density at radius 2 is 2.00 bits per heavy atom. The van der Waals surface area contributed by atoms with Gasteiger partial charge in [0, 0.05) is 30.2 Å². The van der Waals surface area contributed by atoms with E-state index in [2.05, 4.69) is 64.8 Å². The average Bonchev–Trinajstić information content (AvgIpc) is 3.11. The van der Waals surface area contributed by atoms with Crippen molar-refractivity contribution in [1.82, 2.24) is 4.98 Å². The van der Waals surface area contributed by atoms with Crippen LogP contribution in [0.25, 0.3) is 10.9 Å². The molecule has 1 aromatic carbocycles. The zero-order valence-corrected chi connectivity index (χ0v) is 11.3. The lowest BCUT2D eigenvalue weighted by Crippen LogP contribution is -2.02. The second-order valence-electron chi connectivity index (χ2n) is 4.01. The average molecular weight is 269 g/mol. The second-order valence-corrected chi connectivity index (χ2v) is 4.96. The van der Waals surface area contributed by atoms with Crippen molar-refractivity contribution in [3.05, 3.63) is 53.5 Å². The molecule has 0 bridgehead atoms. The Morgan fingerprint density at radius 3 is 2.79 bits per heavy atom. The lowest BCUT2D eigenvalue weighted by molar-refractivity contribution is 1.03. The normalized spacial score (nSPS) is 9.79. The standard InChI is InChI=1S/C14H14N2S.CHN/c1-2-5-13-12(4-1)11(10-16-13)7-8-15-14-6-3-9-17-14;1-2/h1-6,9-10,15-16H,7-8H2;1H. The van der Waals surface area contributed by atoms with Crippen LogP contribution in [0.5, 0.6) is 0 Å². The minimum absolute atomic E-state index is 0.975. The quantitative estimate of drug-likeness (QED) is 0.751. The molecule has 0 aliphatic heterocycles. The highest BCUT2D eigenvalue weighted by Crippen LogP contribution is 2.19. The predicted molar refractivity (Wildman–Crippen MR) is 81.5 cm³/mol. The van der Waals surface area contributed by atoms with Crippen LogP contribution in [0.15, 0.2) is 48.0 Å². The van der Waals surface area contributed by atoms with Gasteiger partial charge in [0.25, 0.3) is 0 Å². The van der Waals surface area contributed by atoms with Gasteiger partial charge in [0.15, 0.2) is 0 Å². The van der Waals surface area contributed by atoms with E-state index in [1.54, 1.807) is 11.3 Å². The van der Waals surface area contributed by atoms with E-state index in [-0.39, 0.29) is 0 Å². The molecule has 3 rings (SSSR count). The molecule has 2 heterocycles. The van der Waals surface area contributed by atoms with E-state index in [1.165, 1.54) is 21.5 Å². The lowest BCUT2D eigenvalue weighted by atomic mass is 10.1. The molecule has 3 aromatic rings. The van der Waals surface area contributed by atoms with E-state index in [0.29, 0.717) is 0 Å². The maximum Gasteiger partial charge on any atom is 0.0882 e. The molecule has 2 N–H and O–H groups in total. The molecule has 4 heteroatoms. The lowest BCUT2D eigenvalue weighted by Gasteiger charge is -2.02. The van der Waals surface area contributed by atoms with Gasteiger partial charge >= 0.3 is 0 Å². The number of aromatic nitrogens is 1. The molecule has 0 unspecified atom stereocenters. The van der Waals surface area contributed by atoms with Crippen molar-refractivity contribution >= 4 is 27.2 Å². The van der Waals surface area contributed by atoms with E-state index in [0.717, 1.165) is 13.0 Å². The number of para-hydroxylation sites is 1. The molecule has 0 aliphatic carbocycles. The number of fused-ring (bicyclic) bond motifs is 1. The highest BCUT2D eigenvalue weighted by molar-refractivity contribution is 7.14. The SMILES string of the molecule is C#N.c1csc(NCCc2c[nH]c3ccccc23)c1. The number of hydrogen-bond acceptors (Lipinski definition) is 3. The number of nitriles is 1. The van der Waals surface area contributed by atoms with Gasteiger partial charge in [-0.05, 0) is 35.6 Å². The van der Waals surface area contributed by atoms with E-state index in [4.69, 9.17) is 5.26 Å². The highest BCUT2D eigenvalue weighted by atomic mass is 32.1. The number of nitrogens with zero attached hydrogens (tertiary/aromatic N) is 1. The zero-order valence-electron chi connectivity index (χ0n) is 10.5. The summed E-state index contributed by atoms with van der Waals surface area (Å²) in [6.07, 6.45) is 3.16. The van der Waals surface area contributed by atoms with Crippen LogP contribution < -0.4 is 5.32 Å². The van der Waals surface area contributed by atoms with Crippen LogP contribution in [0.1, 0.15) is 5.56 Å². The van der Waals surface area contributed by atoms with Crippen molar-refractivity contribution in [3.8, 4) is 6.57 Å². The zero-order chi connectivity index (χ0) is 13.5. The fraction of sp³-hybridized carbons (Fsp3) is 0.133. The molecule has 0 radical (unpaired) electrons. The van der Waals surface area contributed by atoms with Crippen molar-refractivity contribution in [2.75, 3.05) is 11.9 Å². The van der Waals surface area contributed by atoms with E-state index in [9.17, 15) is 0 Å². The number of anilines is 1. The van der Waals surface area contributed by atoms with Crippen LogP contribution in [-0.2, 0) is 6.42 Å². The first-order chi connectivity index (χ1) is 9.43. The Labute approximate surface area is 116 Å². The van der Waals surface area contributed by atoms with Crippen molar-refractivity contribution < 1.29 is 0 Å². The van der Waals surface area contributed by atoms with Crippen LogP contribution in [0, 0.1) is 11.8 Å². The molecule has 96 valence electrons. The summed E-state index contributed by atoms with van der Waals surface area (Å²) in [5.74, 6) is 0. The minimum Gasteiger partial charge on any atom is -0.377 e. The van der Waals surface area contributed by atoms with Crippen LogP contribution in [0.4, 0.5) is 5.00 Å². The van der Waals surface area contributed by atoms with E-state index >= 15 is 0 Å². The number of H-pyrrole nitrogens is 1. The predicted octanol–water partition coefficient (Wildman–Crippen LogP) is 4.02. The molecule has 0 amide bonds. The number of thiophene rings is 1. The molecule has 0 saturated heterocycles. The first-order valence-electron chi connectivity index (χ1n) is 6.02. The number of hydrogen-bond donors (Lipinski definition) is 2.